The number of hydrogen-bond donors (Lipinski definition) is 1. The van der Waals surface area contributed by atoms with Crippen molar-refractivity contribution in [3.05, 3.63) is 35.3 Å². The van der Waals surface area contributed by atoms with E-state index in [1.165, 1.54) is 17.4 Å². The SMILES string of the molecule is Cl.O=C(Nc1ncsc1-c1ccc(F)c(F)c1)OCC12CCN(CC1)CC2. The van der Waals surface area contributed by atoms with Crippen molar-refractivity contribution in [3.63, 3.8) is 0 Å². The number of rotatable bonds is 4. The second kappa shape index (κ2) is 8.08. The normalized spacial score (nSPS) is 23.6. The quantitative estimate of drug-likeness (QED) is 0.796. The van der Waals surface area contributed by atoms with E-state index in [1.807, 2.05) is 0 Å². The average molecular weight is 416 g/mol. The van der Waals surface area contributed by atoms with E-state index >= 15 is 0 Å². The number of halogens is 3. The molecule has 1 N–H and O–H groups in total. The van der Waals surface area contributed by atoms with Gasteiger partial charge in [-0.25, -0.2) is 18.6 Å². The number of thiazole rings is 1. The van der Waals surface area contributed by atoms with Gasteiger partial charge < -0.3 is 9.64 Å². The van der Waals surface area contributed by atoms with E-state index in [1.54, 1.807) is 5.51 Å². The van der Waals surface area contributed by atoms with E-state index in [0.29, 0.717) is 22.9 Å². The van der Waals surface area contributed by atoms with Crippen molar-refractivity contribution in [2.45, 2.75) is 19.3 Å². The van der Waals surface area contributed by atoms with Crippen LogP contribution in [0.15, 0.2) is 23.7 Å². The maximum atomic E-state index is 13.5. The Morgan fingerprint density at radius 2 is 1.93 bits per heavy atom. The lowest BCUT2D eigenvalue weighted by atomic mass is 9.73. The van der Waals surface area contributed by atoms with Gasteiger partial charge in [-0.2, -0.15) is 0 Å². The molecule has 3 aliphatic rings. The Morgan fingerprint density at radius 3 is 2.59 bits per heavy atom. The van der Waals surface area contributed by atoms with Crippen LogP contribution in [0.25, 0.3) is 10.4 Å². The van der Waals surface area contributed by atoms with Crippen LogP contribution in [0.3, 0.4) is 0 Å². The summed E-state index contributed by atoms with van der Waals surface area (Å²) in [5.74, 6) is -1.56. The average Bonchev–Trinajstić information content (AvgIpc) is 3.12. The topological polar surface area (TPSA) is 54.5 Å². The van der Waals surface area contributed by atoms with Crippen molar-refractivity contribution in [1.82, 2.24) is 9.88 Å². The summed E-state index contributed by atoms with van der Waals surface area (Å²) in [6.45, 7) is 3.60. The number of nitrogens with zero attached hydrogens (tertiary/aromatic N) is 2. The summed E-state index contributed by atoms with van der Waals surface area (Å²) in [5, 5.41) is 2.63. The molecule has 5 nitrogen and oxygen atoms in total. The Balaban J connectivity index is 0.00000210. The molecule has 2 bridgehead atoms. The molecule has 1 amide bonds. The first kappa shape index (κ1) is 20.0. The summed E-state index contributed by atoms with van der Waals surface area (Å²) in [6.07, 6.45) is 2.59. The summed E-state index contributed by atoms with van der Waals surface area (Å²) >= 11 is 1.24. The predicted molar refractivity (Wildman–Crippen MR) is 102 cm³/mol. The molecule has 3 aliphatic heterocycles. The zero-order valence-electron chi connectivity index (χ0n) is 14.5. The lowest BCUT2D eigenvalue weighted by Gasteiger charge is -2.47. The standard InChI is InChI=1S/C18H19F2N3O2S.ClH/c19-13-2-1-12(9-14(13)20)15-16(21-11-26-15)22-17(24)25-10-18-3-6-23(7-4-18)8-5-18;/h1-2,9,11H,3-8,10H2,(H,22,24);1H. The number of aromatic nitrogens is 1. The van der Waals surface area contributed by atoms with Crippen LogP contribution in [0.4, 0.5) is 19.4 Å². The van der Waals surface area contributed by atoms with Crippen LogP contribution < -0.4 is 5.32 Å². The Labute approximate surface area is 166 Å². The number of amides is 1. The van der Waals surface area contributed by atoms with E-state index in [2.05, 4.69) is 15.2 Å². The first-order valence-electron chi connectivity index (χ1n) is 8.60. The minimum absolute atomic E-state index is 0. The molecular formula is C18H20ClF2N3O2S. The van der Waals surface area contributed by atoms with Crippen molar-refractivity contribution in [2.24, 2.45) is 5.41 Å². The Kier molecular flexibility index (Phi) is 5.98. The number of carbonyl (C=O) groups excluding carboxylic acids is 1. The monoisotopic (exact) mass is 415 g/mol. The van der Waals surface area contributed by atoms with E-state index < -0.39 is 17.7 Å². The van der Waals surface area contributed by atoms with Gasteiger partial charge in [0.05, 0.1) is 17.0 Å². The maximum absolute atomic E-state index is 13.5. The Hall–Kier alpha value is -1.77. The molecule has 0 aliphatic carbocycles. The van der Waals surface area contributed by atoms with Gasteiger partial charge in [0.1, 0.15) is 0 Å². The van der Waals surface area contributed by atoms with E-state index in [0.717, 1.165) is 51.0 Å². The number of benzene rings is 1. The molecule has 3 fully saturated rings. The third-order valence-corrected chi connectivity index (χ3v) is 6.23. The highest BCUT2D eigenvalue weighted by atomic mass is 35.5. The van der Waals surface area contributed by atoms with Gasteiger partial charge in [-0.3, -0.25) is 5.32 Å². The first-order chi connectivity index (χ1) is 12.5. The zero-order valence-corrected chi connectivity index (χ0v) is 16.2. The number of hydrogen-bond acceptors (Lipinski definition) is 5. The summed E-state index contributed by atoms with van der Waals surface area (Å²) in [7, 11) is 0. The van der Waals surface area contributed by atoms with Crippen LogP contribution in [0.5, 0.6) is 0 Å². The number of anilines is 1. The highest BCUT2D eigenvalue weighted by Gasteiger charge is 2.40. The van der Waals surface area contributed by atoms with Gasteiger partial charge in [-0.05, 0) is 56.6 Å². The summed E-state index contributed by atoms with van der Waals surface area (Å²) < 4.78 is 32.1. The maximum Gasteiger partial charge on any atom is 0.412 e. The fourth-order valence-electron chi connectivity index (χ4n) is 3.64. The second-order valence-electron chi connectivity index (χ2n) is 6.95. The van der Waals surface area contributed by atoms with Crippen molar-refractivity contribution < 1.29 is 18.3 Å². The lowest BCUT2D eigenvalue weighted by molar-refractivity contribution is -0.0190. The van der Waals surface area contributed by atoms with Gasteiger partial charge in [-0.15, -0.1) is 23.7 Å². The van der Waals surface area contributed by atoms with Crippen molar-refractivity contribution >= 4 is 35.7 Å². The molecule has 27 heavy (non-hydrogen) atoms. The van der Waals surface area contributed by atoms with Gasteiger partial charge in [-0.1, -0.05) is 6.07 Å². The smallest absolute Gasteiger partial charge is 0.412 e. The van der Waals surface area contributed by atoms with Crippen molar-refractivity contribution in [3.8, 4) is 10.4 Å². The van der Waals surface area contributed by atoms with E-state index in [-0.39, 0.29) is 17.8 Å². The minimum atomic E-state index is -0.938. The van der Waals surface area contributed by atoms with Crippen LogP contribution in [0.2, 0.25) is 0 Å². The van der Waals surface area contributed by atoms with Gasteiger partial charge >= 0.3 is 6.09 Å². The van der Waals surface area contributed by atoms with Crippen LogP contribution >= 0.6 is 23.7 Å². The minimum Gasteiger partial charge on any atom is -0.449 e. The first-order valence-corrected chi connectivity index (χ1v) is 9.48. The van der Waals surface area contributed by atoms with Gasteiger partial charge in [0.25, 0.3) is 0 Å². The second-order valence-corrected chi connectivity index (χ2v) is 7.81. The third kappa shape index (κ3) is 4.23. The van der Waals surface area contributed by atoms with Gasteiger partial charge in [0.2, 0.25) is 0 Å². The van der Waals surface area contributed by atoms with Crippen LogP contribution in [0, 0.1) is 17.0 Å². The molecule has 1 aromatic heterocycles. The number of piperidine rings is 3. The largest absolute Gasteiger partial charge is 0.449 e. The lowest BCUT2D eigenvalue weighted by Crippen LogP contribution is -2.50. The molecule has 0 atom stereocenters. The molecular weight excluding hydrogens is 396 g/mol. The van der Waals surface area contributed by atoms with Crippen LogP contribution in [-0.4, -0.2) is 42.2 Å². The van der Waals surface area contributed by atoms with E-state index in [9.17, 15) is 13.6 Å². The molecule has 9 heteroatoms. The summed E-state index contributed by atoms with van der Waals surface area (Å²) in [4.78, 5) is 19.3. The van der Waals surface area contributed by atoms with Gasteiger partial charge in [0, 0.05) is 5.41 Å². The van der Waals surface area contributed by atoms with Gasteiger partial charge in [0.15, 0.2) is 17.5 Å². The summed E-state index contributed by atoms with van der Waals surface area (Å²) in [5.41, 5.74) is 2.10. The molecule has 1 aromatic carbocycles. The van der Waals surface area contributed by atoms with Crippen LogP contribution in [0.1, 0.15) is 19.3 Å². The number of fused-ring (bicyclic) bond motifs is 3. The molecule has 0 radical (unpaired) electrons. The molecule has 0 saturated carbocycles. The Morgan fingerprint density at radius 1 is 1.22 bits per heavy atom. The molecule has 0 unspecified atom stereocenters. The molecule has 146 valence electrons. The number of ether oxygens (including phenoxy) is 1. The number of carbonyl (C=O) groups is 1. The fraction of sp³-hybridized carbons (Fsp3) is 0.444. The summed E-state index contributed by atoms with van der Waals surface area (Å²) in [6, 6.07) is 3.60. The molecule has 0 spiro atoms. The van der Waals surface area contributed by atoms with Crippen LogP contribution in [-0.2, 0) is 4.74 Å². The molecule has 3 saturated heterocycles. The Bertz CT molecular complexity index is 811. The van der Waals surface area contributed by atoms with E-state index in [4.69, 9.17) is 4.74 Å². The zero-order chi connectivity index (χ0) is 18.1. The number of nitrogens with one attached hydrogen (secondary N) is 1. The fourth-order valence-corrected chi connectivity index (χ4v) is 4.38. The molecule has 4 heterocycles. The van der Waals surface area contributed by atoms with Crippen molar-refractivity contribution in [2.75, 3.05) is 31.6 Å². The molecule has 2 aromatic rings. The highest BCUT2D eigenvalue weighted by Crippen LogP contribution is 2.40. The van der Waals surface area contributed by atoms with Crippen molar-refractivity contribution in [1.29, 1.82) is 0 Å². The third-order valence-electron chi connectivity index (χ3n) is 5.35. The molecule has 5 rings (SSSR count). The predicted octanol–water partition coefficient (Wildman–Crippen LogP) is 4.54. The highest BCUT2D eigenvalue weighted by molar-refractivity contribution is 7.13.